The van der Waals surface area contributed by atoms with Gasteiger partial charge in [-0.3, -0.25) is 0 Å². The summed E-state index contributed by atoms with van der Waals surface area (Å²) in [4.78, 5) is 0. The second kappa shape index (κ2) is 13.9. The van der Waals surface area contributed by atoms with Crippen molar-refractivity contribution in [3.8, 4) is 0 Å². The van der Waals surface area contributed by atoms with Crippen LogP contribution in [0.25, 0.3) is 0 Å². The molecule has 0 aliphatic carbocycles. The van der Waals surface area contributed by atoms with E-state index in [0.717, 1.165) is 30.6 Å². The molecule has 2 nitrogen and oxygen atoms in total. The van der Waals surface area contributed by atoms with E-state index < -0.39 is 0 Å². The molecule has 2 N–H and O–H groups in total. The van der Waals surface area contributed by atoms with Crippen molar-refractivity contribution < 1.29 is 10.2 Å². The number of hydrogen-bond donors (Lipinski definition) is 2. The van der Waals surface area contributed by atoms with Crippen molar-refractivity contribution in [2.75, 3.05) is 13.2 Å². The fraction of sp³-hybridized carbons (Fsp3) is 1.00. The van der Waals surface area contributed by atoms with Gasteiger partial charge in [0.1, 0.15) is 0 Å². The minimum absolute atomic E-state index is 0.342. The van der Waals surface area contributed by atoms with Gasteiger partial charge in [0.25, 0.3) is 0 Å². The summed E-state index contributed by atoms with van der Waals surface area (Å²) >= 11 is 0. The smallest absolute Gasteiger partial charge is 0.0431 e. The molecular formula is C18H38O2. The quantitative estimate of drug-likeness (QED) is 0.482. The Bertz CT molecular complexity index is 174. The highest BCUT2D eigenvalue weighted by Gasteiger charge is 2.07. The van der Waals surface area contributed by atoms with Crippen LogP contribution >= 0.6 is 0 Å². The van der Waals surface area contributed by atoms with Gasteiger partial charge in [-0.1, -0.05) is 59.3 Å². The van der Waals surface area contributed by atoms with Crippen LogP contribution in [-0.4, -0.2) is 23.4 Å². The van der Waals surface area contributed by atoms with Crippen molar-refractivity contribution in [2.45, 2.75) is 85.0 Å². The molecule has 0 aromatic rings. The first-order valence-corrected chi connectivity index (χ1v) is 8.81. The topological polar surface area (TPSA) is 40.5 Å². The molecule has 0 spiro atoms. The van der Waals surface area contributed by atoms with E-state index in [9.17, 15) is 0 Å². The van der Waals surface area contributed by atoms with Crippen LogP contribution in [0.3, 0.4) is 0 Å². The van der Waals surface area contributed by atoms with Crippen LogP contribution in [0, 0.1) is 17.8 Å². The first-order chi connectivity index (χ1) is 9.60. The first kappa shape index (κ1) is 19.9. The van der Waals surface area contributed by atoms with Gasteiger partial charge in [0, 0.05) is 13.2 Å². The highest BCUT2D eigenvalue weighted by atomic mass is 16.3. The van der Waals surface area contributed by atoms with Gasteiger partial charge in [-0.25, -0.2) is 0 Å². The van der Waals surface area contributed by atoms with Gasteiger partial charge in [-0.05, 0) is 43.4 Å². The van der Waals surface area contributed by atoms with Gasteiger partial charge in [-0.15, -0.1) is 0 Å². The monoisotopic (exact) mass is 286 g/mol. The summed E-state index contributed by atoms with van der Waals surface area (Å²) in [6, 6.07) is 0. The average Bonchev–Trinajstić information content (AvgIpc) is 2.42. The number of aliphatic hydroxyl groups excluding tert-OH is 2. The molecule has 2 unspecified atom stereocenters. The Labute approximate surface area is 127 Å². The SMILES string of the molecule is CC(CCCO)CCCC(C)CCCC(C)CCCO. The van der Waals surface area contributed by atoms with Crippen LogP contribution < -0.4 is 0 Å². The summed E-state index contributed by atoms with van der Waals surface area (Å²) in [5.41, 5.74) is 0. The van der Waals surface area contributed by atoms with Gasteiger partial charge in [0.15, 0.2) is 0 Å². The molecule has 0 rings (SSSR count). The van der Waals surface area contributed by atoms with E-state index >= 15 is 0 Å². The standard InChI is InChI=1S/C18H38O2/c1-16(8-4-10-17(2)12-6-14-19)9-5-11-18(3)13-7-15-20/h16-20H,4-15H2,1-3H3. The van der Waals surface area contributed by atoms with Crippen LogP contribution in [0.4, 0.5) is 0 Å². The molecule has 122 valence electrons. The number of rotatable bonds is 14. The molecule has 0 saturated heterocycles. The Morgan fingerprint density at radius 1 is 0.500 bits per heavy atom. The Kier molecular flexibility index (Phi) is 13.8. The van der Waals surface area contributed by atoms with Crippen molar-refractivity contribution >= 4 is 0 Å². The minimum atomic E-state index is 0.342. The summed E-state index contributed by atoms with van der Waals surface area (Å²) < 4.78 is 0. The summed E-state index contributed by atoms with van der Waals surface area (Å²) in [5, 5.41) is 17.6. The minimum Gasteiger partial charge on any atom is -0.396 e. The predicted octanol–water partition coefficient (Wildman–Crippen LogP) is 4.78. The third kappa shape index (κ3) is 12.9. The van der Waals surface area contributed by atoms with Crippen molar-refractivity contribution in [2.24, 2.45) is 17.8 Å². The third-order valence-corrected chi connectivity index (χ3v) is 4.50. The lowest BCUT2D eigenvalue weighted by atomic mass is 9.91. The molecule has 20 heavy (non-hydrogen) atoms. The average molecular weight is 286 g/mol. The van der Waals surface area contributed by atoms with Crippen molar-refractivity contribution in [3.05, 3.63) is 0 Å². The van der Waals surface area contributed by atoms with Crippen molar-refractivity contribution in [1.82, 2.24) is 0 Å². The number of aliphatic hydroxyl groups is 2. The zero-order valence-corrected chi connectivity index (χ0v) is 14.1. The highest BCUT2D eigenvalue weighted by Crippen LogP contribution is 2.21. The van der Waals surface area contributed by atoms with Gasteiger partial charge in [-0.2, -0.15) is 0 Å². The fourth-order valence-corrected chi connectivity index (χ4v) is 2.94. The lowest BCUT2D eigenvalue weighted by Crippen LogP contribution is -2.02. The molecule has 0 amide bonds. The lowest BCUT2D eigenvalue weighted by molar-refractivity contribution is 0.268. The maximum atomic E-state index is 8.81. The molecule has 0 aromatic carbocycles. The van der Waals surface area contributed by atoms with Crippen molar-refractivity contribution in [3.63, 3.8) is 0 Å². The van der Waals surface area contributed by atoms with Crippen LogP contribution in [-0.2, 0) is 0 Å². The van der Waals surface area contributed by atoms with E-state index in [1.165, 1.54) is 51.4 Å². The zero-order valence-electron chi connectivity index (χ0n) is 14.1. The summed E-state index contributed by atoms with van der Waals surface area (Å²) in [6.07, 6.45) is 12.3. The first-order valence-electron chi connectivity index (χ1n) is 8.81. The number of hydrogen-bond acceptors (Lipinski definition) is 2. The molecule has 0 heterocycles. The maximum absolute atomic E-state index is 8.81. The molecule has 2 atom stereocenters. The van der Waals surface area contributed by atoms with Gasteiger partial charge < -0.3 is 10.2 Å². The third-order valence-electron chi connectivity index (χ3n) is 4.50. The second-order valence-corrected chi connectivity index (χ2v) is 6.91. The van der Waals surface area contributed by atoms with E-state index in [1.54, 1.807) is 0 Å². The van der Waals surface area contributed by atoms with E-state index in [1.807, 2.05) is 0 Å². The Morgan fingerprint density at radius 3 is 1.00 bits per heavy atom. The van der Waals surface area contributed by atoms with E-state index in [-0.39, 0.29) is 0 Å². The van der Waals surface area contributed by atoms with Crippen LogP contribution in [0.2, 0.25) is 0 Å². The predicted molar refractivity (Wildman–Crippen MR) is 87.8 cm³/mol. The Hall–Kier alpha value is -0.0800. The Balaban J connectivity index is 3.42. The summed E-state index contributed by atoms with van der Waals surface area (Å²) in [5.74, 6) is 2.39. The van der Waals surface area contributed by atoms with Crippen molar-refractivity contribution in [1.29, 1.82) is 0 Å². The molecule has 2 heteroatoms. The Morgan fingerprint density at radius 2 is 0.750 bits per heavy atom. The molecule has 0 aliphatic heterocycles. The summed E-state index contributed by atoms with van der Waals surface area (Å²) in [6.45, 7) is 7.69. The lowest BCUT2D eigenvalue weighted by Gasteiger charge is -2.15. The van der Waals surface area contributed by atoms with Gasteiger partial charge in [0.05, 0.1) is 0 Å². The molecule has 0 saturated carbocycles. The molecule has 0 aliphatic rings. The molecule has 0 bridgehead atoms. The molecule has 0 radical (unpaired) electrons. The molecular weight excluding hydrogens is 248 g/mol. The second-order valence-electron chi connectivity index (χ2n) is 6.91. The molecule has 0 aromatic heterocycles. The zero-order chi connectivity index (χ0) is 15.2. The normalized spacial score (nSPS) is 16.1. The van der Waals surface area contributed by atoms with Crippen LogP contribution in [0.15, 0.2) is 0 Å². The maximum Gasteiger partial charge on any atom is 0.0431 e. The van der Waals surface area contributed by atoms with Crippen LogP contribution in [0.5, 0.6) is 0 Å². The summed E-state index contributed by atoms with van der Waals surface area (Å²) in [7, 11) is 0. The van der Waals surface area contributed by atoms with E-state index in [4.69, 9.17) is 10.2 Å². The highest BCUT2D eigenvalue weighted by molar-refractivity contribution is 4.60. The van der Waals surface area contributed by atoms with Gasteiger partial charge in [0.2, 0.25) is 0 Å². The van der Waals surface area contributed by atoms with Gasteiger partial charge >= 0.3 is 0 Å². The molecule has 0 fully saturated rings. The fourth-order valence-electron chi connectivity index (χ4n) is 2.94. The van der Waals surface area contributed by atoms with E-state index in [2.05, 4.69) is 20.8 Å². The van der Waals surface area contributed by atoms with E-state index in [0.29, 0.717) is 13.2 Å². The van der Waals surface area contributed by atoms with Crippen LogP contribution in [0.1, 0.15) is 85.0 Å². The largest absolute Gasteiger partial charge is 0.396 e.